The molecule has 0 amide bonds. The number of nitrogens with two attached hydrogens (primary N) is 1. The van der Waals surface area contributed by atoms with E-state index in [4.69, 9.17) is 10.5 Å². The molecule has 1 unspecified atom stereocenters. The molecule has 0 radical (unpaired) electrons. The second-order valence-corrected chi connectivity index (χ2v) is 5.21. The third kappa shape index (κ3) is 2.73. The standard InChI is InChI=1S/C15H22FNO/c1-18-15(10-4-2-3-5-11-15)14(17)12-6-8-13(16)9-7-12/h6-9,14H,2-5,10-11,17H2,1H3. The lowest BCUT2D eigenvalue weighted by Crippen LogP contribution is -2.42. The molecule has 0 bridgehead atoms. The Morgan fingerprint density at radius 3 is 2.17 bits per heavy atom. The zero-order chi connectivity index (χ0) is 13.0. The van der Waals surface area contributed by atoms with Crippen LogP contribution in [0, 0.1) is 5.82 Å². The van der Waals surface area contributed by atoms with Crippen LogP contribution in [0.25, 0.3) is 0 Å². The lowest BCUT2D eigenvalue weighted by Gasteiger charge is -2.37. The molecule has 1 atom stereocenters. The Balaban J connectivity index is 2.22. The Labute approximate surface area is 108 Å². The molecule has 3 heteroatoms. The zero-order valence-electron chi connectivity index (χ0n) is 11.0. The summed E-state index contributed by atoms with van der Waals surface area (Å²) in [5.41, 5.74) is 7.06. The molecule has 1 aliphatic carbocycles. The SMILES string of the molecule is COC1(C(N)c2ccc(F)cc2)CCCCCC1. The molecule has 1 aromatic carbocycles. The summed E-state index contributed by atoms with van der Waals surface area (Å²) in [5.74, 6) is -0.224. The number of hydrogen-bond donors (Lipinski definition) is 1. The first-order chi connectivity index (χ1) is 8.68. The Hall–Kier alpha value is -0.930. The van der Waals surface area contributed by atoms with Gasteiger partial charge in [0.1, 0.15) is 5.82 Å². The summed E-state index contributed by atoms with van der Waals surface area (Å²) in [5, 5.41) is 0. The summed E-state index contributed by atoms with van der Waals surface area (Å²) in [4.78, 5) is 0. The third-order valence-electron chi connectivity index (χ3n) is 4.15. The topological polar surface area (TPSA) is 35.2 Å². The van der Waals surface area contributed by atoms with E-state index in [9.17, 15) is 4.39 Å². The highest BCUT2D eigenvalue weighted by molar-refractivity contribution is 5.23. The highest BCUT2D eigenvalue weighted by atomic mass is 19.1. The summed E-state index contributed by atoms with van der Waals surface area (Å²) in [6, 6.07) is 6.29. The maximum absolute atomic E-state index is 13.0. The first kappa shape index (κ1) is 13.5. The molecule has 0 aliphatic heterocycles. The normalized spacial score (nSPS) is 21.3. The van der Waals surface area contributed by atoms with Crippen LogP contribution in [-0.4, -0.2) is 12.7 Å². The van der Waals surface area contributed by atoms with Crippen molar-refractivity contribution in [2.75, 3.05) is 7.11 Å². The van der Waals surface area contributed by atoms with E-state index in [1.165, 1.54) is 25.0 Å². The minimum Gasteiger partial charge on any atom is -0.376 e. The van der Waals surface area contributed by atoms with Gasteiger partial charge in [0.25, 0.3) is 0 Å². The van der Waals surface area contributed by atoms with Gasteiger partial charge in [0.15, 0.2) is 0 Å². The predicted octanol–water partition coefficient (Wildman–Crippen LogP) is 3.56. The second kappa shape index (κ2) is 5.81. The summed E-state index contributed by atoms with van der Waals surface area (Å²) >= 11 is 0. The Morgan fingerprint density at radius 2 is 1.67 bits per heavy atom. The first-order valence-electron chi connectivity index (χ1n) is 6.74. The molecule has 1 aromatic rings. The average molecular weight is 251 g/mol. The van der Waals surface area contributed by atoms with Crippen LogP contribution in [0.4, 0.5) is 4.39 Å². The Bertz CT molecular complexity index is 369. The van der Waals surface area contributed by atoms with Gasteiger partial charge < -0.3 is 10.5 Å². The molecular weight excluding hydrogens is 229 g/mol. The molecular formula is C15H22FNO. The first-order valence-corrected chi connectivity index (χ1v) is 6.74. The Kier molecular flexibility index (Phi) is 4.36. The van der Waals surface area contributed by atoms with E-state index >= 15 is 0 Å². The van der Waals surface area contributed by atoms with Crippen LogP contribution in [0.2, 0.25) is 0 Å². The third-order valence-corrected chi connectivity index (χ3v) is 4.15. The van der Waals surface area contributed by atoms with Gasteiger partial charge >= 0.3 is 0 Å². The van der Waals surface area contributed by atoms with Gasteiger partial charge in [-0.3, -0.25) is 0 Å². The van der Waals surface area contributed by atoms with Crippen LogP contribution in [0.15, 0.2) is 24.3 Å². The van der Waals surface area contributed by atoms with Crippen LogP contribution in [0.3, 0.4) is 0 Å². The number of benzene rings is 1. The van der Waals surface area contributed by atoms with Gasteiger partial charge in [0, 0.05) is 7.11 Å². The van der Waals surface area contributed by atoms with Crippen molar-refractivity contribution in [3.05, 3.63) is 35.6 Å². The summed E-state index contributed by atoms with van der Waals surface area (Å²) in [6.07, 6.45) is 6.79. The number of methoxy groups -OCH3 is 1. The van der Waals surface area contributed by atoms with E-state index in [1.54, 1.807) is 19.2 Å². The molecule has 2 nitrogen and oxygen atoms in total. The van der Waals surface area contributed by atoms with Crippen LogP contribution < -0.4 is 5.73 Å². The second-order valence-electron chi connectivity index (χ2n) is 5.21. The van der Waals surface area contributed by atoms with E-state index in [1.807, 2.05) is 0 Å². The van der Waals surface area contributed by atoms with Crippen molar-refractivity contribution < 1.29 is 9.13 Å². The van der Waals surface area contributed by atoms with Crippen molar-refractivity contribution in [3.8, 4) is 0 Å². The van der Waals surface area contributed by atoms with Crippen molar-refractivity contribution in [3.63, 3.8) is 0 Å². The van der Waals surface area contributed by atoms with Crippen molar-refractivity contribution in [1.29, 1.82) is 0 Å². The molecule has 18 heavy (non-hydrogen) atoms. The number of hydrogen-bond acceptors (Lipinski definition) is 2. The van der Waals surface area contributed by atoms with E-state index in [2.05, 4.69) is 0 Å². The van der Waals surface area contributed by atoms with Crippen LogP contribution in [0.5, 0.6) is 0 Å². The number of rotatable bonds is 3. The van der Waals surface area contributed by atoms with Crippen LogP contribution in [-0.2, 0) is 4.74 Å². The quantitative estimate of drug-likeness (QED) is 0.834. The molecule has 1 fully saturated rings. The molecule has 0 saturated heterocycles. The number of halogens is 1. The maximum Gasteiger partial charge on any atom is 0.123 e. The zero-order valence-corrected chi connectivity index (χ0v) is 11.0. The smallest absolute Gasteiger partial charge is 0.123 e. The number of ether oxygens (including phenoxy) is 1. The van der Waals surface area contributed by atoms with Gasteiger partial charge in [-0.05, 0) is 30.5 Å². The largest absolute Gasteiger partial charge is 0.376 e. The maximum atomic E-state index is 13.0. The summed E-state index contributed by atoms with van der Waals surface area (Å²) < 4.78 is 18.7. The van der Waals surface area contributed by atoms with E-state index < -0.39 is 0 Å². The summed E-state index contributed by atoms with van der Waals surface area (Å²) in [7, 11) is 1.74. The Morgan fingerprint density at radius 1 is 1.11 bits per heavy atom. The predicted molar refractivity (Wildman–Crippen MR) is 70.8 cm³/mol. The van der Waals surface area contributed by atoms with Gasteiger partial charge in [-0.15, -0.1) is 0 Å². The van der Waals surface area contributed by atoms with Crippen molar-refractivity contribution >= 4 is 0 Å². The minimum atomic E-state index is -0.283. The van der Waals surface area contributed by atoms with Crippen LogP contribution in [0.1, 0.15) is 50.1 Å². The van der Waals surface area contributed by atoms with E-state index in [-0.39, 0.29) is 17.5 Å². The molecule has 0 spiro atoms. The van der Waals surface area contributed by atoms with Gasteiger partial charge in [0.2, 0.25) is 0 Å². The monoisotopic (exact) mass is 251 g/mol. The van der Waals surface area contributed by atoms with Crippen molar-refractivity contribution in [2.45, 2.75) is 50.2 Å². The van der Waals surface area contributed by atoms with Crippen molar-refractivity contribution in [1.82, 2.24) is 0 Å². The van der Waals surface area contributed by atoms with Gasteiger partial charge in [-0.25, -0.2) is 4.39 Å². The van der Waals surface area contributed by atoms with Gasteiger partial charge in [-0.2, -0.15) is 0 Å². The van der Waals surface area contributed by atoms with Gasteiger partial charge in [-0.1, -0.05) is 37.8 Å². The van der Waals surface area contributed by atoms with Crippen LogP contribution >= 0.6 is 0 Å². The van der Waals surface area contributed by atoms with Gasteiger partial charge in [0.05, 0.1) is 11.6 Å². The van der Waals surface area contributed by atoms with Crippen molar-refractivity contribution in [2.24, 2.45) is 5.73 Å². The lowest BCUT2D eigenvalue weighted by atomic mass is 9.83. The molecule has 0 heterocycles. The van der Waals surface area contributed by atoms with E-state index in [0.717, 1.165) is 31.2 Å². The molecule has 0 aromatic heterocycles. The molecule has 2 rings (SSSR count). The molecule has 1 aliphatic rings. The fourth-order valence-corrected chi connectivity index (χ4v) is 2.94. The fourth-order valence-electron chi connectivity index (χ4n) is 2.94. The highest BCUT2D eigenvalue weighted by Crippen LogP contribution is 2.38. The lowest BCUT2D eigenvalue weighted by molar-refractivity contribution is -0.0442. The highest BCUT2D eigenvalue weighted by Gasteiger charge is 2.37. The van der Waals surface area contributed by atoms with E-state index in [0.29, 0.717) is 0 Å². The fraction of sp³-hybridized carbons (Fsp3) is 0.600. The molecule has 100 valence electrons. The minimum absolute atomic E-state index is 0.179. The molecule has 2 N–H and O–H groups in total. The molecule has 1 saturated carbocycles. The average Bonchev–Trinajstić information content (AvgIpc) is 2.65. The summed E-state index contributed by atoms with van der Waals surface area (Å²) in [6.45, 7) is 0.